The summed E-state index contributed by atoms with van der Waals surface area (Å²) in [6.45, 7) is 2.17. The predicted molar refractivity (Wildman–Crippen MR) is 55.7 cm³/mol. The minimum Gasteiger partial charge on any atom is -0.381 e. The first-order valence-corrected chi connectivity index (χ1v) is 4.94. The quantitative estimate of drug-likeness (QED) is 0.407. The molecule has 0 aromatic heterocycles. The molecule has 0 aromatic rings. The van der Waals surface area contributed by atoms with Gasteiger partial charge in [0.05, 0.1) is 6.54 Å². The van der Waals surface area contributed by atoms with Crippen LogP contribution in [0.3, 0.4) is 0 Å². The Morgan fingerprint density at radius 2 is 2.07 bits per heavy atom. The minimum absolute atomic E-state index is 0.138. The van der Waals surface area contributed by atoms with Crippen molar-refractivity contribution >= 4 is 11.8 Å². The number of hydrogen-bond acceptors (Lipinski definition) is 4. The van der Waals surface area contributed by atoms with Gasteiger partial charge in [0, 0.05) is 5.92 Å². The molecule has 2 amide bonds. The topological polar surface area (TPSA) is 118 Å². The van der Waals surface area contributed by atoms with E-state index in [1.54, 1.807) is 6.92 Å². The first-order valence-electron chi connectivity index (χ1n) is 4.94. The van der Waals surface area contributed by atoms with Gasteiger partial charge in [-0.25, -0.2) is 0 Å². The molecule has 0 spiro atoms. The minimum atomic E-state index is -1.32. The molecule has 2 atom stereocenters. The Kier molecular flexibility index (Phi) is 6.64. The lowest BCUT2D eigenvalue weighted by molar-refractivity contribution is -0.128. The third kappa shape index (κ3) is 6.03. The molecule has 0 aliphatic rings. The Balaban J connectivity index is 3.77. The molecule has 0 aliphatic heterocycles. The van der Waals surface area contributed by atoms with Crippen molar-refractivity contribution in [1.29, 1.82) is 0 Å². The van der Waals surface area contributed by atoms with Gasteiger partial charge >= 0.3 is 0 Å². The van der Waals surface area contributed by atoms with Crippen molar-refractivity contribution in [3.8, 4) is 0 Å². The molecule has 6 heteroatoms. The maximum absolute atomic E-state index is 11.4. The fourth-order valence-electron chi connectivity index (χ4n) is 1.03. The number of nitrogens with two attached hydrogens (primary N) is 2. The van der Waals surface area contributed by atoms with Gasteiger partial charge in [0.15, 0.2) is 0 Å². The first-order chi connectivity index (χ1) is 6.99. The summed E-state index contributed by atoms with van der Waals surface area (Å²) >= 11 is 0. The third-order valence-corrected chi connectivity index (χ3v) is 2.09. The maximum Gasteiger partial charge on any atom is 0.248 e. The van der Waals surface area contributed by atoms with E-state index >= 15 is 0 Å². The zero-order valence-corrected chi connectivity index (χ0v) is 8.90. The second kappa shape index (κ2) is 7.19. The van der Waals surface area contributed by atoms with Crippen LogP contribution in [0.15, 0.2) is 0 Å². The Hall–Kier alpha value is -1.14. The molecule has 0 aliphatic carbocycles. The van der Waals surface area contributed by atoms with E-state index in [-0.39, 0.29) is 18.4 Å². The lowest BCUT2D eigenvalue weighted by Crippen LogP contribution is -2.41. The van der Waals surface area contributed by atoms with E-state index in [0.29, 0.717) is 13.0 Å². The molecule has 0 radical (unpaired) electrons. The van der Waals surface area contributed by atoms with Crippen molar-refractivity contribution in [2.45, 2.75) is 25.9 Å². The highest BCUT2D eigenvalue weighted by atomic mass is 16.3. The molecule has 0 saturated heterocycles. The summed E-state index contributed by atoms with van der Waals surface area (Å²) in [5, 5.41) is 11.5. The van der Waals surface area contributed by atoms with Crippen molar-refractivity contribution in [1.82, 2.24) is 5.32 Å². The number of carbonyl (C=O) groups is 2. The number of aliphatic hydroxyl groups excluding tert-OH is 1. The standard InChI is InChI=1S/C9H19N3O3/c1-6(3-2-4-10)9(15)12-5-7(13)8(11)14/h6-7,13H,2-5,10H2,1H3,(H2,11,14)(H,12,15). The number of rotatable bonds is 7. The molecule has 15 heavy (non-hydrogen) atoms. The van der Waals surface area contributed by atoms with Gasteiger partial charge in [0.1, 0.15) is 6.10 Å². The van der Waals surface area contributed by atoms with E-state index in [2.05, 4.69) is 5.32 Å². The van der Waals surface area contributed by atoms with E-state index in [9.17, 15) is 9.59 Å². The van der Waals surface area contributed by atoms with Crippen molar-refractivity contribution in [2.75, 3.05) is 13.1 Å². The summed E-state index contributed by atoms with van der Waals surface area (Å²) in [7, 11) is 0. The van der Waals surface area contributed by atoms with Crippen LogP contribution in [-0.2, 0) is 9.59 Å². The van der Waals surface area contributed by atoms with Crippen LogP contribution in [0, 0.1) is 5.92 Å². The molecule has 6 nitrogen and oxygen atoms in total. The van der Waals surface area contributed by atoms with Crippen LogP contribution in [0.1, 0.15) is 19.8 Å². The predicted octanol–water partition coefficient (Wildman–Crippen LogP) is -1.68. The van der Waals surface area contributed by atoms with Gasteiger partial charge < -0.3 is 21.9 Å². The van der Waals surface area contributed by atoms with Crippen LogP contribution < -0.4 is 16.8 Å². The highest BCUT2D eigenvalue weighted by Crippen LogP contribution is 2.04. The molecule has 2 unspecified atom stereocenters. The summed E-state index contributed by atoms with van der Waals surface area (Å²) in [5.74, 6) is -1.22. The number of hydrogen-bond donors (Lipinski definition) is 4. The van der Waals surface area contributed by atoms with Crippen LogP contribution in [0.4, 0.5) is 0 Å². The van der Waals surface area contributed by atoms with Crippen LogP contribution in [0.5, 0.6) is 0 Å². The number of primary amides is 1. The molecule has 88 valence electrons. The van der Waals surface area contributed by atoms with Gasteiger partial charge in [0.25, 0.3) is 0 Å². The first kappa shape index (κ1) is 13.9. The molecule has 0 aromatic carbocycles. The summed E-state index contributed by atoms with van der Waals surface area (Å²) < 4.78 is 0. The smallest absolute Gasteiger partial charge is 0.248 e. The SMILES string of the molecule is CC(CCCN)C(=O)NCC(O)C(N)=O. The van der Waals surface area contributed by atoms with Gasteiger partial charge in [-0.1, -0.05) is 6.92 Å². The lowest BCUT2D eigenvalue weighted by atomic mass is 10.0. The lowest BCUT2D eigenvalue weighted by Gasteiger charge is -2.13. The van der Waals surface area contributed by atoms with Crippen molar-refractivity contribution in [3.05, 3.63) is 0 Å². The number of aliphatic hydroxyl groups is 1. The van der Waals surface area contributed by atoms with Gasteiger partial charge in [0.2, 0.25) is 11.8 Å². The summed E-state index contributed by atoms with van der Waals surface area (Å²) in [5.41, 5.74) is 10.1. The highest BCUT2D eigenvalue weighted by Gasteiger charge is 2.15. The highest BCUT2D eigenvalue weighted by molar-refractivity contribution is 5.81. The van der Waals surface area contributed by atoms with E-state index in [4.69, 9.17) is 16.6 Å². The second-order valence-electron chi connectivity index (χ2n) is 3.50. The van der Waals surface area contributed by atoms with E-state index in [0.717, 1.165) is 6.42 Å². The molecule has 0 fully saturated rings. The van der Waals surface area contributed by atoms with Crippen molar-refractivity contribution < 1.29 is 14.7 Å². The Morgan fingerprint density at radius 3 is 2.53 bits per heavy atom. The van der Waals surface area contributed by atoms with Crippen LogP contribution >= 0.6 is 0 Å². The molecule has 0 heterocycles. The third-order valence-electron chi connectivity index (χ3n) is 2.09. The van der Waals surface area contributed by atoms with E-state index in [1.165, 1.54) is 0 Å². The summed E-state index contributed by atoms with van der Waals surface area (Å²) in [6.07, 6.45) is 0.137. The molecular formula is C9H19N3O3. The van der Waals surface area contributed by atoms with Crippen LogP contribution in [0.2, 0.25) is 0 Å². The van der Waals surface area contributed by atoms with Crippen molar-refractivity contribution in [2.24, 2.45) is 17.4 Å². The average Bonchev–Trinajstić information content (AvgIpc) is 2.21. The van der Waals surface area contributed by atoms with Crippen LogP contribution in [-0.4, -0.2) is 36.1 Å². The Morgan fingerprint density at radius 1 is 1.47 bits per heavy atom. The second-order valence-corrected chi connectivity index (χ2v) is 3.50. The van der Waals surface area contributed by atoms with Crippen LogP contribution in [0.25, 0.3) is 0 Å². The number of amides is 2. The number of nitrogens with one attached hydrogen (secondary N) is 1. The van der Waals surface area contributed by atoms with Gasteiger partial charge in [-0.3, -0.25) is 9.59 Å². The number of carbonyl (C=O) groups excluding carboxylic acids is 2. The Bertz CT molecular complexity index is 221. The zero-order chi connectivity index (χ0) is 11.8. The largest absolute Gasteiger partial charge is 0.381 e. The normalized spacial score (nSPS) is 14.3. The molecule has 0 saturated carbocycles. The Labute approximate surface area is 89.0 Å². The van der Waals surface area contributed by atoms with Crippen molar-refractivity contribution in [3.63, 3.8) is 0 Å². The van der Waals surface area contributed by atoms with E-state index < -0.39 is 12.0 Å². The average molecular weight is 217 g/mol. The molecular weight excluding hydrogens is 198 g/mol. The summed E-state index contributed by atoms with van der Waals surface area (Å²) in [6, 6.07) is 0. The molecule has 0 bridgehead atoms. The maximum atomic E-state index is 11.4. The fraction of sp³-hybridized carbons (Fsp3) is 0.778. The summed E-state index contributed by atoms with van der Waals surface area (Å²) in [4.78, 5) is 21.8. The molecule has 6 N–H and O–H groups in total. The fourth-order valence-corrected chi connectivity index (χ4v) is 1.03. The molecule has 0 rings (SSSR count). The van der Waals surface area contributed by atoms with E-state index in [1.807, 2.05) is 0 Å². The monoisotopic (exact) mass is 217 g/mol. The van der Waals surface area contributed by atoms with Gasteiger partial charge in [-0.05, 0) is 19.4 Å². The van der Waals surface area contributed by atoms with Gasteiger partial charge in [-0.2, -0.15) is 0 Å². The van der Waals surface area contributed by atoms with Gasteiger partial charge in [-0.15, -0.1) is 0 Å². The zero-order valence-electron chi connectivity index (χ0n) is 8.90.